The number of nitrogens with two attached hydrogens (primary N) is 1. The molecule has 2 rings (SSSR count). The second-order valence-electron chi connectivity index (χ2n) is 4.77. The van der Waals surface area contributed by atoms with Crippen molar-refractivity contribution in [3.05, 3.63) is 53.3 Å². The molecule has 0 aliphatic heterocycles. The van der Waals surface area contributed by atoms with E-state index in [2.05, 4.69) is 10.3 Å². The van der Waals surface area contributed by atoms with Crippen LogP contribution < -0.4 is 11.1 Å². The van der Waals surface area contributed by atoms with E-state index in [0.29, 0.717) is 22.9 Å². The van der Waals surface area contributed by atoms with Crippen LogP contribution >= 0.6 is 11.6 Å². The fourth-order valence-electron chi connectivity index (χ4n) is 1.90. The van der Waals surface area contributed by atoms with Crippen LogP contribution in [-0.2, 0) is 11.3 Å². The molecule has 0 aliphatic rings. The van der Waals surface area contributed by atoms with Gasteiger partial charge in [-0.1, -0.05) is 17.7 Å². The van der Waals surface area contributed by atoms with E-state index in [-0.39, 0.29) is 12.5 Å². The molecule has 0 atom stereocenters. The molecule has 3 N–H and O–H groups in total. The molecule has 0 radical (unpaired) electrons. The fraction of sp³-hybridized carbons (Fsp3) is 0.200. The minimum absolute atomic E-state index is 0.151. The summed E-state index contributed by atoms with van der Waals surface area (Å²) in [7, 11) is 1.86. The van der Waals surface area contributed by atoms with Crippen LogP contribution in [0.15, 0.2) is 42.6 Å². The van der Waals surface area contributed by atoms with Crippen molar-refractivity contribution < 1.29 is 4.79 Å². The molecule has 0 spiro atoms. The van der Waals surface area contributed by atoms with E-state index in [1.54, 1.807) is 24.4 Å². The molecule has 0 bridgehead atoms. The van der Waals surface area contributed by atoms with Gasteiger partial charge in [0, 0.05) is 17.8 Å². The number of carbonyl (C=O) groups excluding carboxylic acids is 1. The van der Waals surface area contributed by atoms with E-state index in [1.165, 1.54) is 0 Å². The number of hydrogen-bond acceptors (Lipinski definition) is 4. The quantitative estimate of drug-likeness (QED) is 0.832. The van der Waals surface area contributed by atoms with E-state index in [0.717, 1.165) is 5.69 Å². The first-order valence-corrected chi connectivity index (χ1v) is 6.86. The predicted octanol–water partition coefficient (Wildman–Crippen LogP) is 2.39. The number of nitrogens with one attached hydrogen (secondary N) is 1. The third kappa shape index (κ3) is 4.73. The number of benzene rings is 1. The molecule has 5 nitrogen and oxygen atoms in total. The van der Waals surface area contributed by atoms with Crippen LogP contribution in [0.2, 0.25) is 5.02 Å². The summed E-state index contributed by atoms with van der Waals surface area (Å²) in [6, 6.07) is 10.7. The van der Waals surface area contributed by atoms with Crippen LogP contribution in [0.1, 0.15) is 5.69 Å². The number of carbonyl (C=O) groups is 1. The van der Waals surface area contributed by atoms with Gasteiger partial charge in [0.2, 0.25) is 5.91 Å². The summed E-state index contributed by atoms with van der Waals surface area (Å²) in [5.41, 5.74) is 7.72. The Hall–Kier alpha value is -2.11. The minimum Gasteiger partial charge on any atom is -0.397 e. The first kappa shape index (κ1) is 15.3. The standard InChI is InChI=1S/C15H17ClN4O/c1-20(9-12-4-2-3-7-18-12)10-15(21)19-14-8-11(16)5-6-13(14)17/h2-8H,9-10,17H2,1H3,(H,19,21). The lowest BCUT2D eigenvalue weighted by Crippen LogP contribution is -2.30. The summed E-state index contributed by atoms with van der Waals surface area (Å²) in [5, 5.41) is 3.29. The Balaban J connectivity index is 1.91. The number of hydrogen-bond donors (Lipinski definition) is 2. The number of nitrogen functional groups attached to an aromatic ring is 1. The Labute approximate surface area is 128 Å². The Morgan fingerprint density at radius 3 is 2.90 bits per heavy atom. The van der Waals surface area contributed by atoms with Crippen LogP contribution in [0.4, 0.5) is 11.4 Å². The number of aromatic nitrogens is 1. The van der Waals surface area contributed by atoms with Gasteiger partial charge < -0.3 is 11.1 Å². The first-order valence-electron chi connectivity index (χ1n) is 6.48. The molecule has 1 aromatic heterocycles. The van der Waals surface area contributed by atoms with Crippen molar-refractivity contribution in [3.63, 3.8) is 0 Å². The molecule has 21 heavy (non-hydrogen) atoms. The molecule has 1 aromatic carbocycles. The Bertz CT molecular complexity index is 618. The zero-order valence-corrected chi connectivity index (χ0v) is 12.5. The van der Waals surface area contributed by atoms with E-state index in [4.69, 9.17) is 17.3 Å². The average Bonchev–Trinajstić information content (AvgIpc) is 2.43. The van der Waals surface area contributed by atoms with Crippen molar-refractivity contribution in [3.8, 4) is 0 Å². The molecule has 0 saturated carbocycles. The van der Waals surface area contributed by atoms with Gasteiger partial charge >= 0.3 is 0 Å². The second-order valence-corrected chi connectivity index (χ2v) is 5.21. The number of halogens is 1. The van der Waals surface area contributed by atoms with Crippen molar-refractivity contribution in [1.29, 1.82) is 0 Å². The van der Waals surface area contributed by atoms with Gasteiger partial charge in [0.25, 0.3) is 0 Å². The molecule has 110 valence electrons. The molecule has 6 heteroatoms. The number of nitrogens with zero attached hydrogens (tertiary/aromatic N) is 2. The normalized spacial score (nSPS) is 10.6. The maximum absolute atomic E-state index is 12.0. The molecular formula is C15H17ClN4O. The first-order chi connectivity index (χ1) is 10.0. The predicted molar refractivity (Wildman–Crippen MR) is 85.1 cm³/mol. The van der Waals surface area contributed by atoms with Gasteiger partial charge in [0.15, 0.2) is 0 Å². The van der Waals surface area contributed by atoms with Gasteiger partial charge in [-0.15, -0.1) is 0 Å². The topological polar surface area (TPSA) is 71.2 Å². The van der Waals surface area contributed by atoms with Gasteiger partial charge in [-0.25, -0.2) is 0 Å². The smallest absolute Gasteiger partial charge is 0.238 e. The zero-order valence-electron chi connectivity index (χ0n) is 11.7. The monoisotopic (exact) mass is 304 g/mol. The van der Waals surface area contributed by atoms with Gasteiger partial charge in [0.1, 0.15) is 0 Å². The lowest BCUT2D eigenvalue weighted by Gasteiger charge is -2.16. The van der Waals surface area contributed by atoms with Crippen LogP contribution in [0, 0.1) is 0 Å². The third-order valence-electron chi connectivity index (χ3n) is 2.86. The van der Waals surface area contributed by atoms with E-state index in [9.17, 15) is 4.79 Å². The van der Waals surface area contributed by atoms with Crippen LogP contribution in [0.3, 0.4) is 0 Å². The largest absolute Gasteiger partial charge is 0.397 e. The highest BCUT2D eigenvalue weighted by molar-refractivity contribution is 6.31. The summed E-state index contributed by atoms with van der Waals surface area (Å²) in [6.07, 6.45) is 1.73. The van der Waals surface area contributed by atoms with Gasteiger partial charge in [0.05, 0.1) is 23.6 Å². The highest BCUT2D eigenvalue weighted by Gasteiger charge is 2.10. The molecule has 2 aromatic rings. The lowest BCUT2D eigenvalue weighted by atomic mass is 10.2. The third-order valence-corrected chi connectivity index (χ3v) is 3.10. The van der Waals surface area contributed by atoms with Crippen molar-refractivity contribution in [2.45, 2.75) is 6.54 Å². The van der Waals surface area contributed by atoms with Crippen LogP contribution in [0.5, 0.6) is 0 Å². The molecular weight excluding hydrogens is 288 g/mol. The molecule has 0 fully saturated rings. The zero-order chi connectivity index (χ0) is 15.2. The molecule has 1 heterocycles. The fourth-order valence-corrected chi connectivity index (χ4v) is 2.07. The summed E-state index contributed by atoms with van der Waals surface area (Å²) in [5.74, 6) is -0.151. The summed E-state index contributed by atoms with van der Waals surface area (Å²) >= 11 is 5.89. The Kier molecular flexibility index (Phi) is 5.14. The van der Waals surface area contributed by atoms with Gasteiger partial charge in [-0.2, -0.15) is 0 Å². The van der Waals surface area contributed by atoms with Crippen molar-refractivity contribution >= 4 is 28.9 Å². The number of anilines is 2. The maximum atomic E-state index is 12.0. The molecule has 0 saturated heterocycles. The van der Waals surface area contributed by atoms with Crippen molar-refractivity contribution in [1.82, 2.24) is 9.88 Å². The highest BCUT2D eigenvalue weighted by atomic mass is 35.5. The van der Waals surface area contributed by atoms with Crippen molar-refractivity contribution in [2.75, 3.05) is 24.6 Å². The number of pyridine rings is 1. The Morgan fingerprint density at radius 1 is 1.38 bits per heavy atom. The SMILES string of the molecule is CN(CC(=O)Nc1cc(Cl)ccc1N)Cc1ccccn1. The summed E-state index contributed by atoms with van der Waals surface area (Å²) < 4.78 is 0. The number of rotatable bonds is 5. The number of amides is 1. The van der Waals surface area contributed by atoms with Gasteiger partial charge in [-0.05, 0) is 37.4 Å². The van der Waals surface area contributed by atoms with Crippen LogP contribution in [-0.4, -0.2) is 29.4 Å². The molecule has 1 amide bonds. The molecule has 0 aliphatic carbocycles. The van der Waals surface area contributed by atoms with Gasteiger partial charge in [-0.3, -0.25) is 14.7 Å². The Morgan fingerprint density at radius 2 is 2.19 bits per heavy atom. The average molecular weight is 305 g/mol. The van der Waals surface area contributed by atoms with E-state index < -0.39 is 0 Å². The second kappa shape index (κ2) is 7.06. The van der Waals surface area contributed by atoms with Crippen LogP contribution in [0.25, 0.3) is 0 Å². The van der Waals surface area contributed by atoms with Crippen molar-refractivity contribution in [2.24, 2.45) is 0 Å². The van der Waals surface area contributed by atoms with E-state index in [1.807, 2.05) is 30.1 Å². The minimum atomic E-state index is -0.151. The number of likely N-dealkylation sites (N-methyl/N-ethyl adjacent to an activating group) is 1. The summed E-state index contributed by atoms with van der Waals surface area (Å²) in [4.78, 5) is 18.1. The molecule has 0 unspecified atom stereocenters. The summed E-state index contributed by atoms with van der Waals surface area (Å²) in [6.45, 7) is 0.835. The highest BCUT2D eigenvalue weighted by Crippen LogP contribution is 2.22. The lowest BCUT2D eigenvalue weighted by molar-refractivity contribution is -0.117. The van der Waals surface area contributed by atoms with E-state index >= 15 is 0 Å². The maximum Gasteiger partial charge on any atom is 0.238 e.